The van der Waals surface area contributed by atoms with Crippen molar-refractivity contribution in [3.05, 3.63) is 35.6 Å². The van der Waals surface area contributed by atoms with E-state index in [0.717, 1.165) is 5.56 Å². The Balaban J connectivity index is 1.96. The van der Waals surface area contributed by atoms with Crippen molar-refractivity contribution in [1.82, 2.24) is 30.6 Å². The van der Waals surface area contributed by atoms with Crippen LogP contribution in [0.3, 0.4) is 0 Å². The molecule has 0 saturated carbocycles. The minimum absolute atomic E-state index is 0.393. The van der Waals surface area contributed by atoms with Crippen molar-refractivity contribution in [3.8, 4) is 11.3 Å². The summed E-state index contributed by atoms with van der Waals surface area (Å²) in [6.07, 6.45) is 1.39. The third kappa shape index (κ3) is 2.00. The average molecular weight is 264 g/mol. The first-order chi connectivity index (χ1) is 8.83. The minimum Gasteiger partial charge on any atom is -0.254 e. The molecule has 2 heterocycles. The number of halogens is 1. The van der Waals surface area contributed by atoms with Gasteiger partial charge >= 0.3 is 0 Å². The van der Waals surface area contributed by atoms with Gasteiger partial charge in [-0.15, -0.1) is 9.89 Å². The number of benzene rings is 1. The first-order valence-electron chi connectivity index (χ1n) is 4.91. The van der Waals surface area contributed by atoms with Crippen molar-refractivity contribution in [2.45, 2.75) is 0 Å². The molecule has 0 aliphatic carbocycles. The molecule has 0 saturated heterocycles. The number of tetrazole rings is 1. The molecule has 8 nitrogen and oxygen atoms in total. The number of aromatic nitrogens is 6. The van der Waals surface area contributed by atoms with Gasteiger partial charge in [-0.25, -0.2) is 4.63 Å². The van der Waals surface area contributed by atoms with Crippen LogP contribution in [0, 0.1) is 0 Å². The molecule has 3 rings (SSSR count). The van der Waals surface area contributed by atoms with Gasteiger partial charge in [0, 0.05) is 10.6 Å². The highest BCUT2D eigenvalue weighted by molar-refractivity contribution is 6.30. The molecule has 90 valence electrons. The normalized spacial score (nSPS) is 10.5. The molecular weight excluding hydrogens is 258 g/mol. The van der Waals surface area contributed by atoms with Crippen LogP contribution in [0.4, 0.5) is 5.82 Å². The van der Waals surface area contributed by atoms with Crippen LogP contribution in [0.2, 0.25) is 5.02 Å². The molecule has 1 aromatic carbocycles. The van der Waals surface area contributed by atoms with E-state index in [-0.39, 0.29) is 0 Å². The molecule has 1 N–H and O–H groups in total. The van der Waals surface area contributed by atoms with Gasteiger partial charge in [0.25, 0.3) is 0 Å². The SMILES string of the molecule is Clc1cccc(-c2nonc2Nn2cnnn2)c1. The second-order valence-corrected chi connectivity index (χ2v) is 3.77. The number of nitrogens with zero attached hydrogens (tertiary/aromatic N) is 6. The Kier molecular flexibility index (Phi) is 2.61. The van der Waals surface area contributed by atoms with Gasteiger partial charge in [-0.2, -0.15) is 0 Å². The van der Waals surface area contributed by atoms with E-state index in [1.54, 1.807) is 12.1 Å². The van der Waals surface area contributed by atoms with Gasteiger partial charge in [0.15, 0.2) is 12.0 Å². The Morgan fingerprint density at radius 2 is 2.22 bits per heavy atom. The summed E-state index contributed by atoms with van der Waals surface area (Å²) in [7, 11) is 0. The summed E-state index contributed by atoms with van der Waals surface area (Å²) >= 11 is 5.92. The van der Waals surface area contributed by atoms with Crippen molar-refractivity contribution in [3.63, 3.8) is 0 Å². The van der Waals surface area contributed by atoms with Crippen molar-refractivity contribution in [1.29, 1.82) is 0 Å². The van der Waals surface area contributed by atoms with Gasteiger partial charge in [-0.3, -0.25) is 5.43 Å². The molecule has 3 aromatic rings. The average Bonchev–Trinajstić information content (AvgIpc) is 3.01. The van der Waals surface area contributed by atoms with Crippen LogP contribution >= 0.6 is 11.6 Å². The summed E-state index contributed by atoms with van der Waals surface area (Å²) in [5.74, 6) is 0.393. The Morgan fingerprint density at radius 3 is 3.00 bits per heavy atom. The summed E-state index contributed by atoms with van der Waals surface area (Å²) in [6.45, 7) is 0. The molecule has 0 amide bonds. The second-order valence-electron chi connectivity index (χ2n) is 3.34. The molecule has 0 unspecified atom stereocenters. The molecule has 0 atom stereocenters. The van der Waals surface area contributed by atoms with E-state index in [9.17, 15) is 0 Å². The number of hydrogen-bond donors (Lipinski definition) is 1. The van der Waals surface area contributed by atoms with Crippen LogP contribution in [0.5, 0.6) is 0 Å². The molecule has 0 aliphatic heterocycles. The van der Waals surface area contributed by atoms with Crippen LogP contribution in [0.1, 0.15) is 0 Å². The fourth-order valence-electron chi connectivity index (χ4n) is 1.41. The molecular formula is C9H6ClN7O. The number of nitrogens with one attached hydrogen (secondary N) is 1. The zero-order valence-corrected chi connectivity index (χ0v) is 9.61. The predicted octanol–water partition coefficient (Wildman–Crippen LogP) is 1.25. The molecule has 0 aliphatic rings. The lowest BCUT2D eigenvalue weighted by molar-refractivity contribution is 0.309. The number of anilines is 1. The van der Waals surface area contributed by atoms with Gasteiger partial charge < -0.3 is 0 Å². The maximum absolute atomic E-state index is 5.92. The third-order valence-corrected chi connectivity index (χ3v) is 2.39. The zero-order valence-electron chi connectivity index (χ0n) is 8.86. The van der Waals surface area contributed by atoms with E-state index in [1.165, 1.54) is 11.1 Å². The Morgan fingerprint density at radius 1 is 1.28 bits per heavy atom. The standard InChI is InChI=1S/C9H6ClN7O/c10-7-3-1-2-6(4-7)8-9(14-18-13-8)12-17-5-11-15-16-17/h1-5H,(H,12,14). The van der Waals surface area contributed by atoms with Crippen molar-refractivity contribution in [2.75, 3.05) is 5.43 Å². The molecule has 0 spiro atoms. The number of hydrogen-bond acceptors (Lipinski definition) is 7. The predicted molar refractivity (Wildman–Crippen MR) is 61.6 cm³/mol. The minimum atomic E-state index is 0.393. The largest absolute Gasteiger partial charge is 0.254 e. The van der Waals surface area contributed by atoms with E-state index in [4.69, 9.17) is 16.2 Å². The first kappa shape index (κ1) is 10.7. The van der Waals surface area contributed by atoms with E-state index < -0.39 is 0 Å². The van der Waals surface area contributed by atoms with Gasteiger partial charge in [0.05, 0.1) is 0 Å². The highest BCUT2D eigenvalue weighted by Gasteiger charge is 2.13. The molecule has 2 aromatic heterocycles. The van der Waals surface area contributed by atoms with Crippen molar-refractivity contribution in [2.24, 2.45) is 0 Å². The van der Waals surface area contributed by atoms with E-state index in [1.807, 2.05) is 12.1 Å². The fourth-order valence-corrected chi connectivity index (χ4v) is 1.60. The van der Waals surface area contributed by atoms with Crippen molar-refractivity contribution >= 4 is 17.4 Å². The lowest BCUT2D eigenvalue weighted by Crippen LogP contribution is -2.10. The van der Waals surface area contributed by atoms with Gasteiger partial charge in [0.1, 0.15) is 0 Å². The molecule has 9 heteroatoms. The summed E-state index contributed by atoms with van der Waals surface area (Å²) in [5.41, 5.74) is 4.12. The maximum atomic E-state index is 5.92. The van der Waals surface area contributed by atoms with E-state index in [2.05, 4.69) is 31.3 Å². The monoisotopic (exact) mass is 263 g/mol. The van der Waals surface area contributed by atoms with Gasteiger partial charge in [-0.1, -0.05) is 23.7 Å². The van der Waals surface area contributed by atoms with Crippen LogP contribution in [0.15, 0.2) is 35.2 Å². The van der Waals surface area contributed by atoms with Crippen LogP contribution in [-0.2, 0) is 0 Å². The van der Waals surface area contributed by atoms with E-state index >= 15 is 0 Å². The Hall–Kier alpha value is -2.48. The van der Waals surface area contributed by atoms with Crippen molar-refractivity contribution < 1.29 is 4.63 Å². The highest BCUT2D eigenvalue weighted by atomic mass is 35.5. The van der Waals surface area contributed by atoms with Crippen LogP contribution in [0.25, 0.3) is 11.3 Å². The van der Waals surface area contributed by atoms with E-state index in [0.29, 0.717) is 16.5 Å². The lowest BCUT2D eigenvalue weighted by atomic mass is 10.1. The quantitative estimate of drug-likeness (QED) is 0.760. The third-order valence-electron chi connectivity index (χ3n) is 2.16. The maximum Gasteiger partial charge on any atom is 0.219 e. The fraction of sp³-hybridized carbons (Fsp3) is 0. The molecule has 18 heavy (non-hydrogen) atoms. The van der Waals surface area contributed by atoms with Crippen LogP contribution in [-0.4, -0.2) is 30.6 Å². The molecule has 0 fully saturated rings. The molecule has 0 radical (unpaired) electrons. The molecule has 0 bridgehead atoms. The summed E-state index contributed by atoms with van der Waals surface area (Å²) < 4.78 is 4.70. The van der Waals surface area contributed by atoms with Crippen LogP contribution < -0.4 is 5.43 Å². The topological polar surface area (TPSA) is 94.6 Å². The Labute approximate surface area is 105 Å². The lowest BCUT2D eigenvalue weighted by Gasteiger charge is -2.01. The second kappa shape index (κ2) is 4.41. The summed E-state index contributed by atoms with van der Waals surface area (Å²) in [5, 5.41) is 18.8. The zero-order chi connectivity index (χ0) is 12.4. The first-order valence-corrected chi connectivity index (χ1v) is 5.29. The van der Waals surface area contributed by atoms with Gasteiger partial charge in [-0.05, 0) is 32.9 Å². The number of rotatable bonds is 3. The highest BCUT2D eigenvalue weighted by Crippen LogP contribution is 2.26. The Bertz CT molecular complexity index is 651. The summed E-state index contributed by atoms with van der Waals surface area (Å²) in [6, 6.07) is 7.18. The summed E-state index contributed by atoms with van der Waals surface area (Å²) in [4.78, 5) is 1.29. The van der Waals surface area contributed by atoms with Gasteiger partial charge in [0.2, 0.25) is 5.82 Å². The smallest absolute Gasteiger partial charge is 0.219 e.